The highest BCUT2D eigenvalue weighted by molar-refractivity contribution is 7.92. The summed E-state index contributed by atoms with van der Waals surface area (Å²) in [4.78, 5) is 1.71. The van der Waals surface area contributed by atoms with E-state index in [9.17, 15) is 12.8 Å². The second-order valence-electron chi connectivity index (χ2n) is 6.53. The lowest BCUT2D eigenvalue weighted by Crippen LogP contribution is -2.13. The van der Waals surface area contributed by atoms with Crippen LogP contribution in [-0.2, 0) is 10.0 Å². The first kappa shape index (κ1) is 21.3. The predicted octanol–water partition coefficient (Wildman–Crippen LogP) is 3.62. The number of rotatable bonds is 8. The molecule has 30 heavy (non-hydrogen) atoms. The maximum atomic E-state index is 14.0. The molecule has 0 spiro atoms. The molecule has 3 rings (SSSR count). The van der Waals surface area contributed by atoms with Gasteiger partial charge in [-0.1, -0.05) is 0 Å². The Kier molecular flexibility index (Phi) is 6.36. The smallest absolute Gasteiger partial charge is 0.262 e. The summed E-state index contributed by atoms with van der Waals surface area (Å²) >= 11 is 0. The molecular weight excluding hydrogens is 409 g/mol. The Balaban J connectivity index is 1.72. The van der Waals surface area contributed by atoms with Gasteiger partial charge in [-0.15, -0.1) is 5.10 Å². The Morgan fingerprint density at radius 3 is 2.40 bits per heavy atom. The van der Waals surface area contributed by atoms with Crippen LogP contribution >= 0.6 is 0 Å². The second-order valence-corrected chi connectivity index (χ2v) is 8.21. The zero-order valence-electron chi connectivity index (χ0n) is 16.8. The predicted molar refractivity (Wildman–Crippen MR) is 114 cm³/mol. The number of benzene rings is 2. The van der Waals surface area contributed by atoms with Gasteiger partial charge in [-0.3, -0.25) is 4.72 Å². The van der Waals surface area contributed by atoms with E-state index in [-0.39, 0.29) is 17.3 Å². The first-order valence-corrected chi connectivity index (χ1v) is 10.6. The Bertz CT molecular complexity index is 1120. The largest absolute Gasteiger partial charge is 0.491 e. The Labute approximate surface area is 174 Å². The second kappa shape index (κ2) is 8.95. The number of nitrogens with zero attached hydrogens (tertiary/aromatic N) is 3. The van der Waals surface area contributed by atoms with Crippen molar-refractivity contribution < 1.29 is 17.5 Å². The van der Waals surface area contributed by atoms with E-state index in [4.69, 9.17) is 4.74 Å². The summed E-state index contributed by atoms with van der Waals surface area (Å²) in [5.41, 5.74) is 1.93. The van der Waals surface area contributed by atoms with Crippen molar-refractivity contribution in [2.24, 2.45) is 0 Å². The lowest BCUT2D eigenvalue weighted by atomic mass is 10.3. The van der Waals surface area contributed by atoms with E-state index < -0.39 is 15.8 Å². The molecule has 0 atom stereocenters. The molecule has 0 bridgehead atoms. The van der Waals surface area contributed by atoms with Crippen molar-refractivity contribution in [2.75, 3.05) is 35.6 Å². The van der Waals surface area contributed by atoms with Gasteiger partial charge >= 0.3 is 0 Å². The van der Waals surface area contributed by atoms with Crippen LogP contribution in [0.1, 0.15) is 6.92 Å². The number of halogens is 1. The first-order valence-electron chi connectivity index (χ1n) is 9.11. The van der Waals surface area contributed by atoms with Gasteiger partial charge in [0.05, 0.1) is 23.4 Å². The third kappa shape index (κ3) is 5.15. The number of sulfonamides is 1. The van der Waals surface area contributed by atoms with E-state index in [1.54, 1.807) is 37.4 Å². The highest BCUT2D eigenvalue weighted by atomic mass is 32.2. The van der Waals surface area contributed by atoms with Crippen molar-refractivity contribution >= 4 is 32.9 Å². The highest BCUT2D eigenvalue weighted by Crippen LogP contribution is 2.24. The minimum absolute atomic E-state index is 0.00770. The number of hydrogen-bond acceptors (Lipinski definition) is 7. The molecule has 8 nitrogen and oxygen atoms in total. The molecule has 1 heterocycles. The summed E-state index contributed by atoms with van der Waals surface area (Å²) in [5.74, 6) is -0.173. The molecule has 0 saturated heterocycles. The zero-order chi connectivity index (χ0) is 21.7. The molecule has 0 saturated carbocycles. The molecule has 0 radical (unpaired) electrons. The van der Waals surface area contributed by atoms with Gasteiger partial charge < -0.3 is 15.0 Å². The Morgan fingerprint density at radius 1 is 1.07 bits per heavy atom. The molecule has 0 aliphatic rings. The van der Waals surface area contributed by atoms with Gasteiger partial charge in [0, 0.05) is 31.5 Å². The molecule has 10 heteroatoms. The average Bonchev–Trinajstić information content (AvgIpc) is 2.71. The van der Waals surface area contributed by atoms with E-state index in [1.165, 1.54) is 12.1 Å². The fourth-order valence-corrected chi connectivity index (χ4v) is 3.64. The van der Waals surface area contributed by atoms with Gasteiger partial charge in [0.25, 0.3) is 10.0 Å². The standard InChI is InChI=1S/C20H22FN5O3S/c1-4-29-19-10-9-17(12-18(19)21)30(27,28)25-15-7-5-14(6-8-15)23-20-11-16(26(2)3)13-22-24-20/h5-13,25H,4H2,1-3H3,(H,23,24). The van der Waals surface area contributed by atoms with E-state index in [2.05, 4.69) is 20.2 Å². The molecule has 2 N–H and O–H groups in total. The lowest BCUT2D eigenvalue weighted by Gasteiger charge is -2.13. The summed E-state index contributed by atoms with van der Waals surface area (Å²) in [6.07, 6.45) is 1.65. The quantitative estimate of drug-likeness (QED) is 0.562. The van der Waals surface area contributed by atoms with Crippen molar-refractivity contribution in [1.29, 1.82) is 0 Å². The van der Waals surface area contributed by atoms with Crippen molar-refractivity contribution in [3.63, 3.8) is 0 Å². The molecule has 158 valence electrons. The van der Waals surface area contributed by atoms with Crippen molar-refractivity contribution in [3.05, 3.63) is 60.5 Å². The zero-order valence-corrected chi connectivity index (χ0v) is 17.6. The summed E-state index contributed by atoms with van der Waals surface area (Å²) in [5, 5.41) is 11.1. The van der Waals surface area contributed by atoms with Gasteiger partial charge in [-0.2, -0.15) is 5.10 Å². The third-order valence-corrected chi connectivity index (χ3v) is 5.46. The molecule has 0 aliphatic heterocycles. The highest BCUT2D eigenvalue weighted by Gasteiger charge is 2.17. The van der Waals surface area contributed by atoms with Crippen LogP contribution in [0.15, 0.2) is 59.6 Å². The van der Waals surface area contributed by atoms with Gasteiger partial charge in [-0.05, 0) is 49.4 Å². The molecular formula is C20H22FN5O3S. The summed E-state index contributed by atoms with van der Waals surface area (Å²) in [6, 6.07) is 11.9. The third-order valence-electron chi connectivity index (χ3n) is 4.08. The molecule has 1 aromatic heterocycles. The van der Waals surface area contributed by atoms with E-state index in [0.29, 0.717) is 17.2 Å². The molecule has 0 unspecified atom stereocenters. The number of anilines is 4. The fourth-order valence-electron chi connectivity index (χ4n) is 2.57. The Hall–Kier alpha value is -3.40. The van der Waals surface area contributed by atoms with Crippen LogP contribution in [0, 0.1) is 5.82 Å². The fraction of sp³-hybridized carbons (Fsp3) is 0.200. The van der Waals surface area contributed by atoms with Crippen LogP contribution in [0.25, 0.3) is 0 Å². The molecule has 0 amide bonds. The number of aromatic nitrogens is 2. The maximum absolute atomic E-state index is 14.0. The van der Waals surface area contributed by atoms with Gasteiger partial charge in [-0.25, -0.2) is 12.8 Å². The number of nitrogens with one attached hydrogen (secondary N) is 2. The van der Waals surface area contributed by atoms with Crippen LogP contribution in [0.4, 0.5) is 27.3 Å². The molecule has 2 aromatic carbocycles. The number of hydrogen-bond donors (Lipinski definition) is 2. The summed E-state index contributed by atoms with van der Waals surface area (Å²) < 4.78 is 46.6. The Morgan fingerprint density at radius 2 is 1.77 bits per heavy atom. The molecule has 3 aromatic rings. The van der Waals surface area contributed by atoms with Gasteiger partial charge in [0.15, 0.2) is 17.4 Å². The minimum atomic E-state index is -3.95. The first-order chi connectivity index (χ1) is 14.3. The summed E-state index contributed by atoms with van der Waals surface area (Å²) in [7, 11) is -0.147. The van der Waals surface area contributed by atoms with Crippen LogP contribution in [-0.4, -0.2) is 39.3 Å². The maximum Gasteiger partial charge on any atom is 0.262 e. The van der Waals surface area contributed by atoms with Crippen molar-refractivity contribution in [2.45, 2.75) is 11.8 Å². The normalized spacial score (nSPS) is 11.1. The minimum Gasteiger partial charge on any atom is -0.491 e. The molecule has 0 aliphatic carbocycles. The summed E-state index contributed by atoms with van der Waals surface area (Å²) in [6.45, 7) is 2.00. The number of ether oxygens (including phenoxy) is 1. The van der Waals surface area contributed by atoms with Gasteiger partial charge in [0.1, 0.15) is 0 Å². The van der Waals surface area contributed by atoms with Crippen LogP contribution in [0.5, 0.6) is 5.75 Å². The van der Waals surface area contributed by atoms with Crippen LogP contribution in [0.2, 0.25) is 0 Å². The van der Waals surface area contributed by atoms with Crippen LogP contribution < -0.4 is 19.7 Å². The van der Waals surface area contributed by atoms with Crippen LogP contribution in [0.3, 0.4) is 0 Å². The van der Waals surface area contributed by atoms with E-state index >= 15 is 0 Å². The van der Waals surface area contributed by atoms with Crippen molar-refractivity contribution in [1.82, 2.24) is 10.2 Å². The van der Waals surface area contributed by atoms with E-state index in [1.807, 2.05) is 25.1 Å². The topological polar surface area (TPSA) is 96.5 Å². The molecule has 0 fully saturated rings. The van der Waals surface area contributed by atoms with E-state index in [0.717, 1.165) is 11.8 Å². The SMILES string of the molecule is CCOc1ccc(S(=O)(=O)Nc2ccc(Nc3cc(N(C)C)cnn3)cc2)cc1F. The monoisotopic (exact) mass is 431 g/mol. The lowest BCUT2D eigenvalue weighted by molar-refractivity contribution is 0.321. The van der Waals surface area contributed by atoms with Crippen molar-refractivity contribution in [3.8, 4) is 5.75 Å². The van der Waals surface area contributed by atoms with Gasteiger partial charge in [0.2, 0.25) is 0 Å². The average molecular weight is 431 g/mol.